The molecule has 0 aliphatic heterocycles. The minimum absolute atomic E-state index is 0. The molecule has 28 heavy (non-hydrogen) atoms. The van der Waals surface area contributed by atoms with E-state index >= 15 is 0 Å². The first-order valence-electron chi connectivity index (χ1n) is 9.52. The molecular weight excluding hydrogens is 374 g/mol. The third kappa shape index (κ3) is 5.81. The molecule has 2 aromatic rings. The Labute approximate surface area is 172 Å². The number of carbonyl (C=O) groups is 2. The number of amides is 2. The maximum Gasteiger partial charge on any atom is 0.253 e. The van der Waals surface area contributed by atoms with Gasteiger partial charge >= 0.3 is 0 Å². The summed E-state index contributed by atoms with van der Waals surface area (Å²) in [6.45, 7) is 3.64. The van der Waals surface area contributed by atoms with Crippen LogP contribution in [-0.4, -0.2) is 36.3 Å². The zero-order chi connectivity index (χ0) is 19.2. The molecule has 5 nitrogen and oxygen atoms in total. The molecular formula is C22H28ClN3O2. The molecule has 3 N–H and O–H groups in total. The molecule has 2 unspecified atom stereocenters. The number of halogens is 1. The number of benzene rings is 2. The van der Waals surface area contributed by atoms with E-state index in [2.05, 4.69) is 24.4 Å². The van der Waals surface area contributed by atoms with E-state index in [1.54, 1.807) is 29.2 Å². The van der Waals surface area contributed by atoms with Crippen LogP contribution in [0.3, 0.4) is 0 Å². The Bertz CT molecular complexity index is 780. The highest BCUT2D eigenvalue weighted by atomic mass is 35.5. The molecule has 2 aromatic carbocycles. The number of hydrogen-bond donors (Lipinski definition) is 2. The summed E-state index contributed by atoms with van der Waals surface area (Å²) in [5, 5.41) is 2.92. The summed E-state index contributed by atoms with van der Waals surface area (Å²) in [6.07, 6.45) is 1.75. The number of anilines is 1. The highest BCUT2D eigenvalue weighted by Crippen LogP contribution is 2.38. The van der Waals surface area contributed by atoms with Gasteiger partial charge in [-0.2, -0.15) is 0 Å². The summed E-state index contributed by atoms with van der Waals surface area (Å²) in [5.41, 5.74) is 8.22. The van der Waals surface area contributed by atoms with E-state index in [0.717, 1.165) is 18.5 Å². The second-order valence-corrected chi connectivity index (χ2v) is 7.20. The van der Waals surface area contributed by atoms with Gasteiger partial charge in [0.25, 0.3) is 5.91 Å². The van der Waals surface area contributed by atoms with Crippen molar-refractivity contribution in [3.8, 4) is 0 Å². The van der Waals surface area contributed by atoms with Crippen LogP contribution < -0.4 is 11.1 Å². The predicted molar refractivity (Wildman–Crippen MR) is 115 cm³/mol. The molecule has 0 saturated heterocycles. The lowest BCUT2D eigenvalue weighted by atomic mass is 10.1. The molecule has 0 radical (unpaired) electrons. The molecule has 0 bridgehead atoms. The normalized spacial score (nSPS) is 17.4. The van der Waals surface area contributed by atoms with Crippen molar-refractivity contribution in [2.45, 2.75) is 19.8 Å². The largest absolute Gasteiger partial charge is 0.337 e. The fourth-order valence-electron chi connectivity index (χ4n) is 3.18. The van der Waals surface area contributed by atoms with Gasteiger partial charge < -0.3 is 16.0 Å². The van der Waals surface area contributed by atoms with Gasteiger partial charge in [-0.05, 0) is 48.6 Å². The molecule has 6 heteroatoms. The van der Waals surface area contributed by atoms with Crippen LogP contribution in [0, 0.1) is 11.8 Å². The van der Waals surface area contributed by atoms with Crippen LogP contribution in [0.15, 0.2) is 54.6 Å². The van der Waals surface area contributed by atoms with E-state index in [0.29, 0.717) is 31.1 Å². The topological polar surface area (TPSA) is 75.4 Å². The van der Waals surface area contributed by atoms with E-state index in [1.807, 2.05) is 18.2 Å². The van der Waals surface area contributed by atoms with Crippen LogP contribution >= 0.6 is 12.4 Å². The first kappa shape index (κ1) is 21.9. The Morgan fingerprint density at radius 3 is 2.29 bits per heavy atom. The molecule has 0 heterocycles. The van der Waals surface area contributed by atoms with Crippen molar-refractivity contribution in [3.63, 3.8) is 0 Å². The third-order valence-electron chi connectivity index (χ3n) is 5.05. The van der Waals surface area contributed by atoms with Crippen molar-refractivity contribution in [3.05, 3.63) is 65.7 Å². The zero-order valence-electron chi connectivity index (χ0n) is 16.1. The van der Waals surface area contributed by atoms with Gasteiger partial charge in [0.15, 0.2) is 0 Å². The summed E-state index contributed by atoms with van der Waals surface area (Å²) in [4.78, 5) is 26.6. The fourth-order valence-corrected chi connectivity index (χ4v) is 3.18. The number of carbonyl (C=O) groups excluding carboxylic acids is 2. The molecule has 2 amide bonds. The second-order valence-electron chi connectivity index (χ2n) is 7.20. The summed E-state index contributed by atoms with van der Waals surface area (Å²) < 4.78 is 0. The van der Waals surface area contributed by atoms with Gasteiger partial charge in [-0.15, -0.1) is 12.4 Å². The van der Waals surface area contributed by atoms with E-state index in [-0.39, 0.29) is 30.1 Å². The molecule has 1 aliphatic carbocycles. The van der Waals surface area contributed by atoms with E-state index in [4.69, 9.17) is 5.73 Å². The second kappa shape index (κ2) is 10.2. The monoisotopic (exact) mass is 401 g/mol. The highest BCUT2D eigenvalue weighted by molar-refractivity contribution is 5.97. The Morgan fingerprint density at radius 2 is 1.71 bits per heavy atom. The quantitative estimate of drug-likeness (QED) is 0.712. The smallest absolute Gasteiger partial charge is 0.253 e. The van der Waals surface area contributed by atoms with Gasteiger partial charge in [-0.3, -0.25) is 9.59 Å². The number of nitrogens with zero attached hydrogens (tertiary/aromatic N) is 1. The van der Waals surface area contributed by atoms with Gasteiger partial charge in [-0.1, -0.05) is 37.3 Å². The Morgan fingerprint density at radius 1 is 1.07 bits per heavy atom. The molecule has 150 valence electrons. The Hall–Kier alpha value is -2.37. The van der Waals surface area contributed by atoms with Crippen molar-refractivity contribution < 1.29 is 9.59 Å². The number of nitrogens with two attached hydrogens (primary N) is 1. The number of nitrogens with one attached hydrogen (secondary N) is 1. The zero-order valence-corrected chi connectivity index (χ0v) is 17.0. The van der Waals surface area contributed by atoms with Crippen molar-refractivity contribution in [2.24, 2.45) is 17.6 Å². The Balaban J connectivity index is 0.00000280. The lowest BCUT2D eigenvalue weighted by Crippen LogP contribution is -2.36. The summed E-state index contributed by atoms with van der Waals surface area (Å²) >= 11 is 0. The van der Waals surface area contributed by atoms with Crippen LogP contribution in [0.1, 0.15) is 29.3 Å². The number of rotatable bonds is 8. The molecule has 1 fully saturated rings. The van der Waals surface area contributed by atoms with Crippen LogP contribution in [0.2, 0.25) is 0 Å². The van der Waals surface area contributed by atoms with Crippen molar-refractivity contribution in [1.29, 1.82) is 0 Å². The molecule has 1 saturated carbocycles. The van der Waals surface area contributed by atoms with Gasteiger partial charge in [0.2, 0.25) is 5.91 Å². The first-order valence-corrected chi connectivity index (χ1v) is 9.52. The van der Waals surface area contributed by atoms with Gasteiger partial charge in [0, 0.05) is 36.8 Å². The lowest BCUT2D eigenvalue weighted by molar-refractivity contribution is -0.117. The predicted octanol–water partition coefficient (Wildman–Crippen LogP) is 3.35. The van der Waals surface area contributed by atoms with Gasteiger partial charge in [0.1, 0.15) is 0 Å². The average molecular weight is 402 g/mol. The summed E-state index contributed by atoms with van der Waals surface area (Å²) in [5.74, 6) is 0.629. The minimum atomic E-state index is -0.0370. The average Bonchev–Trinajstić information content (AvgIpc) is 3.43. The van der Waals surface area contributed by atoms with Crippen LogP contribution in [0.5, 0.6) is 0 Å². The van der Waals surface area contributed by atoms with Crippen molar-refractivity contribution in [1.82, 2.24) is 4.90 Å². The van der Waals surface area contributed by atoms with Gasteiger partial charge in [-0.25, -0.2) is 0 Å². The van der Waals surface area contributed by atoms with E-state index in [9.17, 15) is 9.59 Å². The molecule has 3 rings (SSSR count). The minimum Gasteiger partial charge on any atom is -0.337 e. The van der Waals surface area contributed by atoms with Gasteiger partial charge in [0.05, 0.1) is 0 Å². The number of hydrogen-bond acceptors (Lipinski definition) is 3. The highest BCUT2D eigenvalue weighted by Gasteiger charge is 2.39. The molecule has 2 atom stereocenters. The Kier molecular flexibility index (Phi) is 8.03. The fraction of sp³-hybridized carbons (Fsp3) is 0.364. The third-order valence-corrected chi connectivity index (χ3v) is 5.05. The maximum atomic E-state index is 12.8. The van der Waals surface area contributed by atoms with E-state index in [1.165, 1.54) is 5.56 Å². The van der Waals surface area contributed by atoms with Crippen LogP contribution in [0.25, 0.3) is 0 Å². The molecule has 1 aliphatic rings. The maximum absolute atomic E-state index is 12.8. The van der Waals surface area contributed by atoms with Crippen molar-refractivity contribution >= 4 is 29.9 Å². The van der Waals surface area contributed by atoms with Crippen LogP contribution in [0.4, 0.5) is 5.69 Å². The van der Waals surface area contributed by atoms with Crippen LogP contribution in [-0.2, 0) is 11.2 Å². The SMILES string of the molecule is CC1CC1C(=O)Nc1ccc(C(=O)N(CCN)CCc2ccccc2)cc1.Cl. The molecule has 0 aromatic heterocycles. The summed E-state index contributed by atoms with van der Waals surface area (Å²) in [7, 11) is 0. The standard InChI is InChI=1S/C22H27N3O2.ClH/c1-16-15-20(16)21(26)24-19-9-7-18(8-10-19)22(27)25(14-12-23)13-11-17-5-3-2-4-6-17;/h2-10,16,20H,11-15,23H2,1H3,(H,24,26);1H. The molecule has 0 spiro atoms. The lowest BCUT2D eigenvalue weighted by Gasteiger charge is -2.22. The van der Waals surface area contributed by atoms with E-state index < -0.39 is 0 Å². The van der Waals surface area contributed by atoms with Crippen molar-refractivity contribution in [2.75, 3.05) is 25.0 Å². The first-order chi connectivity index (χ1) is 13.1. The summed E-state index contributed by atoms with van der Waals surface area (Å²) in [6, 6.07) is 17.2.